The van der Waals surface area contributed by atoms with Crippen molar-refractivity contribution in [2.24, 2.45) is 0 Å². The molecule has 6 heteroatoms. The first-order valence-electron chi connectivity index (χ1n) is 10.7. The van der Waals surface area contributed by atoms with Crippen LogP contribution in [-0.4, -0.2) is 47.2 Å². The van der Waals surface area contributed by atoms with Crippen LogP contribution in [0.4, 0.5) is 10.6 Å². The molecule has 1 aliphatic rings. The monoisotopic (exact) mass is 424 g/mol. The van der Waals surface area contributed by atoms with Crippen LogP contribution in [0.15, 0.2) is 78.9 Å². The van der Waals surface area contributed by atoms with Crippen molar-refractivity contribution in [1.82, 2.24) is 14.9 Å². The van der Waals surface area contributed by atoms with E-state index in [9.17, 15) is 4.79 Å². The summed E-state index contributed by atoms with van der Waals surface area (Å²) in [7, 11) is 1.68. The number of anilines is 1. The summed E-state index contributed by atoms with van der Waals surface area (Å²) in [6.07, 6.45) is 0.946. The molecule has 2 amide bonds. The number of ether oxygens (including phenoxy) is 1. The van der Waals surface area contributed by atoms with Gasteiger partial charge in [-0.2, -0.15) is 0 Å². The Balaban J connectivity index is 1.51. The Hall–Kier alpha value is -3.77. The van der Waals surface area contributed by atoms with E-state index >= 15 is 0 Å². The van der Waals surface area contributed by atoms with Crippen molar-refractivity contribution in [2.75, 3.05) is 25.5 Å². The number of hydrogen-bond acceptors (Lipinski definition) is 4. The van der Waals surface area contributed by atoms with Gasteiger partial charge in [0.15, 0.2) is 0 Å². The number of nitrogens with one attached hydrogen (secondary N) is 1. The second kappa shape index (κ2) is 8.77. The predicted molar refractivity (Wildman–Crippen MR) is 126 cm³/mol. The average molecular weight is 425 g/mol. The van der Waals surface area contributed by atoms with Crippen LogP contribution in [0.2, 0.25) is 0 Å². The van der Waals surface area contributed by atoms with Gasteiger partial charge in [0.05, 0.1) is 22.8 Å². The van der Waals surface area contributed by atoms with Crippen LogP contribution in [0.25, 0.3) is 33.4 Å². The van der Waals surface area contributed by atoms with Crippen molar-refractivity contribution in [3.8, 4) is 22.4 Å². The highest BCUT2D eigenvalue weighted by atomic mass is 16.5. The predicted octanol–water partition coefficient (Wildman–Crippen LogP) is 5.22. The Morgan fingerprint density at radius 1 is 0.938 bits per heavy atom. The van der Waals surface area contributed by atoms with E-state index in [0.717, 1.165) is 39.8 Å². The molecule has 5 rings (SSSR count). The number of nitrogens with zero attached hydrogens (tertiary/aromatic N) is 3. The molecule has 0 spiro atoms. The molecule has 1 aliphatic heterocycles. The molecule has 1 N–H and O–H groups in total. The van der Waals surface area contributed by atoms with Crippen molar-refractivity contribution in [3.05, 3.63) is 78.9 Å². The van der Waals surface area contributed by atoms with Crippen LogP contribution in [-0.2, 0) is 4.74 Å². The van der Waals surface area contributed by atoms with Gasteiger partial charge in [-0.3, -0.25) is 5.32 Å². The number of hydrogen-bond donors (Lipinski definition) is 1. The highest BCUT2D eigenvalue weighted by Crippen LogP contribution is 2.33. The summed E-state index contributed by atoms with van der Waals surface area (Å²) < 4.78 is 5.36. The van der Waals surface area contributed by atoms with Gasteiger partial charge in [0, 0.05) is 31.3 Å². The zero-order valence-electron chi connectivity index (χ0n) is 17.9. The number of carbonyl (C=O) groups excluding carboxylic acids is 1. The summed E-state index contributed by atoms with van der Waals surface area (Å²) in [5, 5.41) is 2.92. The molecule has 0 saturated carbocycles. The molecule has 2 aromatic carbocycles. The molecule has 32 heavy (non-hydrogen) atoms. The van der Waals surface area contributed by atoms with Crippen molar-refractivity contribution in [2.45, 2.75) is 12.5 Å². The van der Waals surface area contributed by atoms with Crippen LogP contribution >= 0.6 is 0 Å². The largest absolute Gasteiger partial charge is 0.380 e. The number of amides is 2. The van der Waals surface area contributed by atoms with E-state index in [1.54, 1.807) is 18.1 Å². The minimum absolute atomic E-state index is 0.0966. The number of rotatable bonds is 4. The third-order valence-corrected chi connectivity index (χ3v) is 5.80. The molecule has 1 unspecified atom stereocenters. The molecule has 1 saturated heterocycles. The van der Waals surface area contributed by atoms with Gasteiger partial charge in [0.2, 0.25) is 0 Å². The number of fused-ring (bicyclic) bond motifs is 1. The zero-order chi connectivity index (χ0) is 21.9. The van der Waals surface area contributed by atoms with E-state index in [-0.39, 0.29) is 12.1 Å². The second-order valence-electron chi connectivity index (χ2n) is 7.87. The van der Waals surface area contributed by atoms with E-state index < -0.39 is 0 Å². The van der Waals surface area contributed by atoms with Crippen LogP contribution in [0.1, 0.15) is 6.42 Å². The molecule has 1 atom stereocenters. The lowest BCUT2D eigenvalue weighted by atomic mass is 9.98. The van der Waals surface area contributed by atoms with Gasteiger partial charge >= 0.3 is 6.03 Å². The molecular formula is C26H24N4O2. The standard InChI is InChI=1S/C26H24N4O2/c1-32-20-14-15-30(17-20)26(31)29-24-13-12-22-23(27-24)16-21(18-8-4-2-5-9-18)25(28-22)19-10-6-3-7-11-19/h2-13,16,20H,14-15,17H2,1H3,(H,27,29,31). The maximum Gasteiger partial charge on any atom is 0.323 e. The molecule has 1 fully saturated rings. The Kier molecular flexibility index (Phi) is 5.52. The van der Waals surface area contributed by atoms with Gasteiger partial charge in [-0.15, -0.1) is 0 Å². The number of methoxy groups -OCH3 is 1. The van der Waals surface area contributed by atoms with Crippen LogP contribution in [0.5, 0.6) is 0 Å². The van der Waals surface area contributed by atoms with E-state index in [0.29, 0.717) is 18.9 Å². The lowest BCUT2D eigenvalue weighted by molar-refractivity contribution is 0.111. The van der Waals surface area contributed by atoms with Gasteiger partial charge in [0.1, 0.15) is 5.82 Å². The average Bonchev–Trinajstić information content (AvgIpc) is 3.34. The minimum Gasteiger partial charge on any atom is -0.380 e. The molecule has 160 valence electrons. The fraction of sp³-hybridized carbons (Fsp3) is 0.192. The summed E-state index contributed by atoms with van der Waals surface area (Å²) >= 11 is 0. The number of pyridine rings is 2. The molecule has 4 aromatic rings. The Morgan fingerprint density at radius 2 is 1.66 bits per heavy atom. The molecular weight excluding hydrogens is 400 g/mol. The Bertz CT molecular complexity index is 1240. The number of benzene rings is 2. The fourth-order valence-corrected chi connectivity index (χ4v) is 4.07. The maximum atomic E-state index is 12.6. The number of carbonyl (C=O) groups is 1. The molecule has 3 heterocycles. The highest BCUT2D eigenvalue weighted by Gasteiger charge is 2.26. The molecule has 0 bridgehead atoms. The van der Waals surface area contributed by atoms with Gasteiger partial charge in [-0.1, -0.05) is 60.7 Å². The Labute approximate surface area is 186 Å². The van der Waals surface area contributed by atoms with Crippen LogP contribution in [0.3, 0.4) is 0 Å². The zero-order valence-corrected chi connectivity index (χ0v) is 17.9. The topological polar surface area (TPSA) is 67.3 Å². The van der Waals surface area contributed by atoms with Crippen molar-refractivity contribution in [1.29, 1.82) is 0 Å². The summed E-state index contributed by atoms with van der Waals surface area (Å²) in [4.78, 5) is 24.0. The highest BCUT2D eigenvalue weighted by molar-refractivity contribution is 5.93. The lowest BCUT2D eigenvalue weighted by Gasteiger charge is -2.17. The summed E-state index contributed by atoms with van der Waals surface area (Å²) in [6, 6.07) is 25.9. The molecule has 0 radical (unpaired) electrons. The van der Waals surface area contributed by atoms with E-state index in [1.165, 1.54) is 0 Å². The first-order chi connectivity index (χ1) is 15.7. The first kappa shape index (κ1) is 20.2. The van der Waals surface area contributed by atoms with E-state index in [4.69, 9.17) is 14.7 Å². The lowest BCUT2D eigenvalue weighted by Crippen LogP contribution is -2.34. The van der Waals surface area contributed by atoms with Crippen molar-refractivity contribution >= 4 is 22.9 Å². The van der Waals surface area contributed by atoms with Crippen molar-refractivity contribution < 1.29 is 9.53 Å². The van der Waals surface area contributed by atoms with Gasteiger partial charge in [-0.25, -0.2) is 14.8 Å². The maximum absolute atomic E-state index is 12.6. The van der Waals surface area contributed by atoms with E-state index in [1.807, 2.05) is 48.5 Å². The molecule has 0 aliphatic carbocycles. The second-order valence-corrected chi connectivity index (χ2v) is 7.87. The summed E-state index contributed by atoms with van der Waals surface area (Å²) in [6.45, 7) is 1.27. The third kappa shape index (κ3) is 4.05. The Morgan fingerprint density at radius 3 is 2.34 bits per heavy atom. The fourth-order valence-electron chi connectivity index (χ4n) is 4.07. The summed E-state index contributed by atoms with van der Waals surface area (Å²) in [5.41, 5.74) is 5.54. The number of urea groups is 1. The van der Waals surface area contributed by atoms with Gasteiger partial charge in [0.25, 0.3) is 0 Å². The first-order valence-corrected chi connectivity index (χ1v) is 10.7. The third-order valence-electron chi connectivity index (χ3n) is 5.80. The number of aromatic nitrogens is 2. The van der Waals surface area contributed by atoms with Gasteiger partial charge < -0.3 is 9.64 Å². The van der Waals surface area contributed by atoms with Gasteiger partial charge in [-0.05, 0) is 30.2 Å². The van der Waals surface area contributed by atoms with E-state index in [2.05, 4.69) is 29.6 Å². The normalized spacial score (nSPS) is 15.8. The SMILES string of the molecule is COC1CCN(C(=O)Nc2ccc3nc(-c4ccccc4)c(-c4ccccc4)cc3n2)C1. The summed E-state index contributed by atoms with van der Waals surface area (Å²) in [5.74, 6) is 0.511. The molecule has 2 aromatic heterocycles. The van der Waals surface area contributed by atoms with Crippen LogP contribution < -0.4 is 5.32 Å². The quantitative estimate of drug-likeness (QED) is 0.488. The van der Waals surface area contributed by atoms with Crippen molar-refractivity contribution in [3.63, 3.8) is 0 Å². The minimum atomic E-state index is -0.159. The van der Waals surface area contributed by atoms with Crippen LogP contribution in [0, 0.1) is 0 Å². The molecule has 6 nitrogen and oxygen atoms in total. The smallest absolute Gasteiger partial charge is 0.323 e. The number of likely N-dealkylation sites (tertiary alicyclic amines) is 1.